The number of carboxylic acid groups (broad SMARTS) is 1. The minimum atomic E-state index is -0.984. The van der Waals surface area contributed by atoms with Gasteiger partial charge in [-0.1, -0.05) is 54.6 Å². The second kappa shape index (κ2) is 8.69. The van der Waals surface area contributed by atoms with Crippen molar-refractivity contribution in [1.29, 1.82) is 0 Å². The van der Waals surface area contributed by atoms with Gasteiger partial charge < -0.3 is 15.3 Å². The highest BCUT2D eigenvalue weighted by Gasteiger charge is 2.35. The van der Waals surface area contributed by atoms with Gasteiger partial charge in [-0.25, -0.2) is 0 Å². The van der Waals surface area contributed by atoms with Crippen molar-refractivity contribution in [3.8, 4) is 0 Å². The molecule has 1 aliphatic heterocycles. The highest BCUT2D eigenvalue weighted by atomic mass is 16.4. The molecular weight excluding hydrogens is 356 g/mol. The number of carboxylic acids is 1. The Labute approximate surface area is 164 Å². The van der Waals surface area contributed by atoms with Crippen LogP contribution >= 0.6 is 0 Å². The molecule has 1 saturated heterocycles. The van der Waals surface area contributed by atoms with Crippen LogP contribution in [0.3, 0.4) is 0 Å². The normalized spacial score (nSPS) is 17.4. The summed E-state index contributed by atoms with van der Waals surface area (Å²) in [5.74, 6) is -1.80. The first-order valence-corrected chi connectivity index (χ1v) is 9.33. The number of aryl methyl sites for hydroxylation is 1. The molecule has 0 bridgehead atoms. The molecule has 28 heavy (non-hydrogen) atoms. The highest BCUT2D eigenvalue weighted by Crippen LogP contribution is 2.24. The fourth-order valence-electron chi connectivity index (χ4n) is 3.59. The Morgan fingerprint density at radius 3 is 2.50 bits per heavy atom. The van der Waals surface area contributed by atoms with Crippen molar-refractivity contribution in [3.63, 3.8) is 0 Å². The SMILES string of the molecule is Cc1ccccc1C(CC(=O)O)NC(=O)C1CC(=O)N(Cc2ccccc2)C1. The van der Waals surface area contributed by atoms with E-state index in [4.69, 9.17) is 0 Å². The van der Waals surface area contributed by atoms with Crippen molar-refractivity contribution in [2.24, 2.45) is 5.92 Å². The van der Waals surface area contributed by atoms with Crippen molar-refractivity contribution >= 4 is 17.8 Å². The summed E-state index contributed by atoms with van der Waals surface area (Å²) in [6.07, 6.45) is -0.0583. The number of hydrogen-bond donors (Lipinski definition) is 2. The predicted molar refractivity (Wildman–Crippen MR) is 104 cm³/mol. The third kappa shape index (κ3) is 4.76. The first-order chi connectivity index (χ1) is 13.4. The van der Waals surface area contributed by atoms with E-state index in [0.29, 0.717) is 13.1 Å². The molecule has 0 aromatic heterocycles. The van der Waals surface area contributed by atoms with Crippen LogP contribution in [0.2, 0.25) is 0 Å². The molecule has 2 aromatic rings. The molecule has 1 fully saturated rings. The third-order valence-electron chi connectivity index (χ3n) is 5.06. The second-order valence-corrected chi connectivity index (χ2v) is 7.18. The van der Waals surface area contributed by atoms with Crippen LogP contribution in [-0.4, -0.2) is 34.3 Å². The van der Waals surface area contributed by atoms with Gasteiger partial charge in [0.1, 0.15) is 0 Å². The standard InChI is InChI=1S/C22H24N2O4/c1-15-7-5-6-10-18(15)19(12-21(26)27)23-22(28)17-11-20(25)24(14-17)13-16-8-3-2-4-9-16/h2-10,17,19H,11-14H2,1H3,(H,23,28)(H,26,27). The van der Waals surface area contributed by atoms with E-state index in [1.165, 1.54) is 0 Å². The summed E-state index contributed by atoms with van der Waals surface area (Å²) in [6.45, 7) is 2.70. The Balaban J connectivity index is 1.68. The van der Waals surface area contributed by atoms with Crippen molar-refractivity contribution < 1.29 is 19.5 Å². The number of rotatable bonds is 7. The van der Waals surface area contributed by atoms with E-state index in [0.717, 1.165) is 16.7 Å². The summed E-state index contributed by atoms with van der Waals surface area (Å²) in [5, 5.41) is 12.1. The summed E-state index contributed by atoms with van der Waals surface area (Å²) in [4.78, 5) is 38.1. The first kappa shape index (κ1) is 19.6. The molecule has 2 N–H and O–H groups in total. The maximum atomic E-state index is 12.8. The molecule has 2 unspecified atom stereocenters. The lowest BCUT2D eigenvalue weighted by Gasteiger charge is -2.22. The van der Waals surface area contributed by atoms with Crippen molar-refractivity contribution in [3.05, 3.63) is 71.3 Å². The van der Waals surface area contributed by atoms with Crippen LogP contribution in [0.25, 0.3) is 0 Å². The van der Waals surface area contributed by atoms with E-state index < -0.39 is 17.9 Å². The Morgan fingerprint density at radius 1 is 1.14 bits per heavy atom. The molecule has 3 rings (SSSR count). The Hall–Kier alpha value is -3.15. The number of hydrogen-bond acceptors (Lipinski definition) is 3. The lowest BCUT2D eigenvalue weighted by Crippen LogP contribution is -2.36. The molecule has 1 heterocycles. The average molecular weight is 380 g/mol. The van der Waals surface area contributed by atoms with E-state index in [1.807, 2.05) is 61.5 Å². The van der Waals surface area contributed by atoms with Gasteiger partial charge in [0.2, 0.25) is 11.8 Å². The van der Waals surface area contributed by atoms with Gasteiger partial charge in [0.15, 0.2) is 0 Å². The molecule has 0 saturated carbocycles. The van der Waals surface area contributed by atoms with Crippen molar-refractivity contribution in [2.45, 2.75) is 32.4 Å². The van der Waals surface area contributed by atoms with Gasteiger partial charge in [-0.2, -0.15) is 0 Å². The summed E-state index contributed by atoms with van der Waals surface area (Å²) in [6, 6.07) is 16.4. The molecular formula is C22H24N2O4. The first-order valence-electron chi connectivity index (χ1n) is 9.33. The fourth-order valence-corrected chi connectivity index (χ4v) is 3.59. The summed E-state index contributed by atoms with van der Waals surface area (Å²) < 4.78 is 0. The number of benzene rings is 2. The molecule has 0 spiro atoms. The monoisotopic (exact) mass is 380 g/mol. The van der Waals surface area contributed by atoms with Gasteiger partial charge in [0.25, 0.3) is 0 Å². The molecule has 1 aliphatic rings. The molecule has 2 amide bonds. The number of likely N-dealkylation sites (tertiary alicyclic amines) is 1. The Kier molecular flexibility index (Phi) is 6.09. The molecule has 6 heteroatoms. The topological polar surface area (TPSA) is 86.7 Å². The highest BCUT2D eigenvalue weighted by molar-refractivity contribution is 5.89. The van der Waals surface area contributed by atoms with E-state index >= 15 is 0 Å². The fraction of sp³-hybridized carbons (Fsp3) is 0.318. The maximum Gasteiger partial charge on any atom is 0.305 e. The van der Waals surface area contributed by atoms with Gasteiger partial charge in [0.05, 0.1) is 18.4 Å². The maximum absolute atomic E-state index is 12.8. The molecule has 0 aliphatic carbocycles. The zero-order chi connectivity index (χ0) is 20.1. The van der Waals surface area contributed by atoms with Crippen LogP contribution in [0, 0.1) is 12.8 Å². The zero-order valence-electron chi connectivity index (χ0n) is 15.8. The smallest absolute Gasteiger partial charge is 0.305 e. The molecule has 6 nitrogen and oxygen atoms in total. The van der Waals surface area contributed by atoms with E-state index in [1.54, 1.807) is 4.90 Å². The number of nitrogens with zero attached hydrogens (tertiary/aromatic N) is 1. The summed E-state index contributed by atoms with van der Waals surface area (Å²) >= 11 is 0. The van der Waals surface area contributed by atoms with Crippen LogP contribution < -0.4 is 5.32 Å². The Bertz CT molecular complexity index is 866. The van der Waals surface area contributed by atoms with Gasteiger partial charge in [-0.05, 0) is 23.6 Å². The van der Waals surface area contributed by atoms with Gasteiger partial charge >= 0.3 is 5.97 Å². The minimum absolute atomic E-state index is 0.0605. The predicted octanol–water partition coefficient (Wildman–Crippen LogP) is 2.68. The van der Waals surface area contributed by atoms with E-state index in [-0.39, 0.29) is 24.7 Å². The molecule has 146 valence electrons. The molecule has 2 atom stereocenters. The number of carbonyl (C=O) groups excluding carboxylic acids is 2. The van der Waals surface area contributed by atoms with Gasteiger partial charge in [0, 0.05) is 19.5 Å². The van der Waals surface area contributed by atoms with Gasteiger partial charge in [-0.3, -0.25) is 14.4 Å². The number of aliphatic carboxylic acids is 1. The van der Waals surface area contributed by atoms with Crippen LogP contribution in [0.5, 0.6) is 0 Å². The molecule has 0 radical (unpaired) electrons. The van der Waals surface area contributed by atoms with Crippen molar-refractivity contribution in [1.82, 2.24) is 10.2 Å². The summed E-state index contributed by atoms with van der Waals surface area (Å²) in [7, 11) is 0. The number of amides is 2. The molecule has 2 aromatic carbocycles. The quantitative estimate of drug-likeness (QED) is 0.773. The van der Waals surface area contributed by atoms with Crippen LogP contribution in [0.1, 0.15) is 35.6 Å². The van der Waals surface area contributed by atoms with Crippen LogP contribution in [0.15, 0.2) is 54.6 Å². The average Bonchev–Trinajstić information content (AvgIpc) is 3.03. The lowest BCUT2D eigenvalue weighted by molar-refractivity contribution is -0.138. The number of nitrogens with one attached hydrogen (secondary N) is 1. The summed E-state index contributed by atoms with van der Waals surface area (Å²) in [5.41, 5.74) is 2.71. The van der Waals surface area contributed by atoms with Gasteiger partial charge in [-0.15, -0.1) is 0 Å². The van der Waals surface area contributed by atoms with Crippen molar-refractivity contribution in [2.75, 3.05) is 6.54 Å². The second-order valence-electron chi connectivity index (χ2n) is 7.18. The van der Waals surface area contributed by atoms with E-state index in [2.05, 4.69) is 5.32 Å². The van der Waals surface area contributed by atoms with E-state index in [9.17, 15) is 19.5 Å². The third-order valence-corrected chi connectivity index (χ3v) is 5.06. The van der Waals surface area contributed by atoms with Crippen LogP contribution in [-0.2, 0) is 20.9 Å². The largest absolute Gasteiger partial charge is 0.481 e. The minimum Gasteiger partial charge on any atom is -0.481 e. The lowest BCUT2D eigenvalue weighted by atomic mass is 9.97. The number of carbonyl (C=O) groups is 3. The Morgan fingerprint density at radius 2 is 1.82 bits per heavy atom. The van der Waals surface area contributed by atoms with Crippen LogP contribution in [0.4, 0.5) is 0 Å². The zero-order valence-corrected chi connectivity index (χ0v) is 15.8.